The minimum Gasteiger partial charge on any atom is -0.493 e. The highest BCUT2D eigenvalue weighted by molar-refractivity contribution is 5.95. The molecule has 0 unspecified atom stereocenters. The molecule has 1 aliphatic heterocycles. The Balaban J connectivity index is 1.69. The first-order chi connectivity index (χ1) is 13.0. The van der Waals surface area contributed by atoms with Crippen LogP contribution in [-0.4, -0.2) is 43.6 Å². The summed E-state index contributed by atoms with van der Waals surface area (Å²) in [4.78, 5) is 27.0. The van der Waals surface area contributed by atoms with Gasteiger partial charge in [-0.1, -0.05) is 30.3 Å². The van der Waals surface area contributed by atoms with Gasteiger partial charge in [0.1, 0.15) is 5.56 Å². The van der Waals surface area contributed by atoms with E-state index in [1.54, 1.807) is 30.0 Å². The van der Waals surface area contributed by atoms with E-state index in [9.17, 15) is 9.59 Å². The number of hydrogen-bond donors (Lipinski definition) is 0. The predicted octanol–water partition coefficient (Wildman–Crippen LogP) is 2.83. The van der Waals surface area contributed by atoms with Gasteiger partial charge in [-0.05, 0) is 36.6 Å². The average Bonchev–Trinajstić information content (AvgIpc) is 2.71. The second-order valence-electron chi connectivity index (χ2n) is 6.37. The Bertz CT molecular complexity index is 848. The molecule has 0 radical (unpaired) electrons. The number of nitrogens with zero attached hydrogens (tertiary/aromatic N) is 1. The molecule has 0 aromatic heterocycles. The lowest BCUT2D eigenvalue weighted by atomic mass is 9.99. The van der Waals surface area contributed by atoms with Crippen LogP contribution in [0.4, 0.5) is 0 Å². The Morgan fingerprint density at radius 1 is 1.00 bits per heavy atom. The van der Waals surface area contributed by atoms with Gasteiger partial charge in [-0.2, -0.15) is 0 Å². The standard InChI is InChI=1S/C21H23NO5/c1-14(20(23)22-12-11-15-7-4-5-8-16(15)13-22)27-21(24)17-9-6-10-18(25-2)19(17)26-3/h4-10,14H,11-13H2,1-3H3/t14-/m1/s1. The number of hydrogen-bond acceptors (Lipinski definition) is 5. The summed E-state index contributed by atoms with van der Waals surface area (Å²) in [5, 5.41) is 0. The van der Waals surface area contributed by atoms with E-state index in [1.807, 2.05) is 18.2 Å². The Kier molecular flexibility index (Phi) is 5.64. The van der Waals surface area contributed by atoms with Gasteiger partial charge in [-0.25, -0.2) is 4.79 Å². The van der Waals surface area contributed by atoms with Crippen molar-refractivity contribution in [2.45, 2.75) is 26.0 Å². The maximum atomic E-state index is 12.7. The fourth-order valence-electron chi connectivity index (χ4n) is 3.26. The van der Waals surface area contributed by atoms with Gasteiger partial charge in [-0.15, -0.1) is 0 Å². The average molecular weight is 369 g/mol. The second kappa shape index (κ2) is 8.12. The van der Waals surface area contributed by atoms with E-state index in [4.69, 9.17) is 14.2 Å². The summed E-state index contributed by atoms with van der Waals surface area (Å²) in [5.74, 6) is -0.112. The molecule has 0 saturated carbocycles. The summed E-state index contributed by atoms with van der Waals surface area (Å²) in [7, 11) is 2.95. The van der Waals surface area contributed by atoms with Crippen LogP contribution in [0.15, 0.2) is 42.5 Å². The minimum absolute atomic E-state index is 0.209. The lowest BCUT2D eigenvalue weighted by molar-refractivity contribution is -0.140. The molecular weight excluding hydrogens is 346 g/mol. The fraction of sp³-hybridized carbons (Fsp3) is 0.333. The molecule has 0 fully saturated rings. The van der Waals surface area contributed by atoms with Crippen molar-refractivity contribution in [1.82, 2.24) is 4.90 Å². The van der Waals surface area contributed by atoms with Crippen molar-refractivity contribution >= 4 is 11.9 Å². The highest BCUT2D eigenvalue weighted by Crippen LogP contribution is 2.31. The summed E-state index contributed by atoms with van der Waals surface area (Å²) in [5.41, 5.74) is 2.61. The maximum Gasteiger partial charge on any atom is 0.342 e. The monoisotopic (exact) mass is 369 g/mol. The number of ether oxygens (including phenoxy) is 3. The predicted molar refractivity (Wildman–Crippen MR) is 100.0 cm³/mol. The van der Waals surface area contributed by atoms with Crippen LogP contribution in [0.3, 0.4) is 0 Å². The van der Waals surface area contributed by atoms with Crippen LogP contribution >= 0.6 is 0 Å². The third kappa shape index (κ3) is 3.89. The number of rotatable bonds is 5. The Morgan fingerprint density at radius 3 is 2.44 bits per heavy atom. The molecule has 1 amide bonds. The van der Waals surface area contributed by atoms with E-state index in [0.29, 0.717) is 18.8 Å². The Labute approximate surface area is 158 Å². The van der Waals surface area contributed by atoms with E-state index in [2.05, 4.69) is 6.07 Å². The van der Waals surface area contributed by atoms with Crippen LogP contribution in [0, 0.1) is 0 Å². The highest BCUT2D eigenvalue weighted by Gasteiger charge is 2.28. The quantitative estimate of drug-likeness (QED) is 0.759. The zero-order valence-corrected chi connectivity index (χ0v) is 15.7. The van der Waals surface area contributed by atoms with Crippen LogP contribution < -0.4 is 9.47 Å². The molecule has 142 valence electrons. The van der Waals surface area contributed by atoms with Crippen molar-refractivity contribution < 1.29 is 23.8 Å². The summed E-state index contributed by atoms with van der Waals surface area (Å²) >= 11 is 0. The lowest BCUT2D eigenvalue weighted by Crippen LogP contribution is -2.42. The molecule has 0 bridgehead atoms. The number of carbonyl (C=O) groups is 2. The maximum absolute atomic E-state index is 12.7. The number of carbonyl (C=O) groups excluding carboxylic acids is 2. The van der Waals surface area contributed by atoms with Gasteiger partial charge in [0.2, 0.25) is 0 Å². The van der Waals surface area contributed by atoms with Gasteiger partial charge in [0.15, 0.2) is 17.6 Å². The van der Waals surface area contributed by atoms with Crippen LogP contribution in [0.1, 0.15) is 28.4 Å². The van der Waals surface area contributed by atoms with Gasteiger partial charge in [0, 0.05) is 13.1 Å². The fourth-order valence-corrected chi connectivity index (χ4v) is 3.26. The normalized spacial score (nSPS) is 14.1. The zero-order valence-electron chi connectivity index (χ0n) is 15.7. The van der Waals surface area contributed by atoms with E-state index >= 15 is 0 Å². The summed E-state index contributed by atoms with van der Waals surface area (Å²) < 4.78 is 15.9. The number of methoxy groups -OCH3 is 2. The molecule has 1 heterocycles. The van der Waals surface area contributed by atoms with Gasteiger partial charge >= 0.3 is 5.97 Å². The summed E-state index contributed by atoms with van der Waals surface area (Å²) in [6.45, 7) is 2.73. The number of benzene rings is 2. The van der Waals surface area contributed by atoms with Crippen LogP contribution in [-0.2, 0) is 22.5 Å². The van der Waals surface area contributed by atoms with Gasteiger partial charge < -0.3 is 19.1 Å². The smallest absolute Gasteiger partial charge is 0.342 e. The second-order valence-corrected chi connectivity index (χ2v) is 6.37. The molecule has 0 N–H and O–H groups in total. The Morgan fingerprint density at radius 2 is 1.74 bits per heavy atom. The molecule has 2 aromatic rings. The molecule has 0 spiro atoms. The molecule has 3 rings (SSSR count). The number of fused-ring (bicyclic) bond motifs is 1. The molecule has 6 heteroatoms. The molecule has 0 aliphatic carbocycles. The van der Waals surface area contributed by atoms with Gasteiger partial charge in [0.25, 0.3) is 5.91 Å². The minimum atomic E-state index is -0.890. The van der Waals surface area contributed by atoms with E-state index in [1.165, 1.54) is 19.8 Å². The molecule has 6 nitrogen and oxygen atoms in total. The highest BCUT2D eigenvalue weighted by atomic mass is 16.6. The molecule has 2 aromatic carbocycles. The topological polar surface area (TPSA) is 65.1 Å². The number of amides is 1. The first-order valence-corrected chi connectivity index (χ1v) is 8.82. The van der Waals surface area contributed by atoms with Crippen molar-refractivity contribution in [3.8, 4) is 11.5 Å². The van der Waals surface area contributed by atoms with Crippen molar-refractivity contribution in [3.63, 3.8) is 0 Å². The van der Waals surface area contributed by atoms with Gasteiger partial charge in [-0.3, -0.25) is 4.79 Å². The van der Waals surface area contributed by atoms with Crippen molar-refractivity contribution in [2.24, 2.45) is 0 Å². The third-order valence-electron chi connectivity index (χ3n) is 4.70. The van der Waals surface area contributed by atoms with Crippen molar-refractivity contribution in [1.29, 1.82) is 0 Å². The molecule has 27 heavy (non-hydrogen) atoms. The number of para-hydroxylation sites is 1. The summed E-state index contributed by atoms with van der Waals surface area (Å²) in [6, 6.07) is 13.0. The van der Waals surface area contributed by atoms with E-state index in [0.717, 1.165) is 12.0 Å². The van der Waals surface area contributed by atoms with E-state index < -0.39 is 12.1 Å². The number of esters is 1. The largest absolute Gasteiger partial charge is 0.493 e. The van der Waals surface area contributed by atoms with Crippen LogP contribution in [0.25, 0.3) is 0 Å². The SMILES string of the molecule is COc1cccc(C(=O)O[C@H](C)C(=O)N2CCc3ccccc3C2)c1OC. The lowest BCUT2D eigenvalue weighted by Gasteiger charge is -2.30. The molecule has 1 atom stereocenters. The Hall–Kier alpha value is -3.02. The molecule has 0 saturated heterocycles. The molecular formula is C21H23NO5. The zero-order chi connectivity index (χ0) is 19.4. The summed E-state index contributed by atoms with van der Waals surface area (Å²) in [6.07, 6.45) is -0.0922. The molecule has 1 aliphatic rings. The van der Waals surface area contributed by atoms with Gasteiger partial charge in [0.05, 0.1) is 14.2 Å². The first-order valence-electron chi connectivity index (χ1n) is 8.82. The first kappa shape index (κ1) is 18.8. The van der Waals surface area contributed by atoms with Crippen molar-refractivity contribution in [2.75, 3.05) is 20.8 Å². The van der Waals surface area contributed by atoms with Crippen LogP contribution in [0.5, 0.6) is 11.5 Å². The van der Waals surface area contributed by atoms with E-state index in [-0.39, 0.29) is 17.2 Å². The third-order valence-corrected chi connectivity index (χ3v) is 4.70. The van der Waals surface area contributed by atoms with Crippen molar-refractivity contribution in [3.05, 3.63) is 59.2 Å². The van der Waals surface area contributed by atoms with Crippen LogP contribution in [0.2, 0.25) is 0 Å².